The van der Waals surface area contributed by atoms with Crippen LogP contribution in [0.2, 0.25) is 0 Å². The summed E-state index contributed by atoms with van der Waals surface area (Å²) in [6, 6.07) is 11.8. The molecule has 0 spiro atoms. The molecule has 1 unspecified atom stereocenters. The van der Waals surface area contributed by atoms with E-state index in [1.807, 2.05) is 36.4 Å². The third kappa shape index (κ3) is 3.73. The van der Waals surface area contributed by atoms with Crippen LogP contribution in [0.5, 0.6) is 11.5 Å². The van der Waals surface area contributed by atoms with Gasteiger partial charge in [0.05, 0.1) is 17.9 Å². The van der Waals surface area contributed by atoms with Crippen molar-refractivity contribution in [1.82, 2.24) is 9.88 Å². The Morgan fingerprint density at radius 3 is 2.73 bits per heavy atom. The Morgan fingerprint density at radius 2 is 1.92 bits per heavy atom. The van der Waals surface area contributed by atoms with E-state index >= 15 is 0 Å². The van der Waals surface area contributed by atoms with E-state index in [-0.39, 0.29) is 11.9 Å². The number of carbonyl (C=O) groups is 1. The minimum Gasteiger partial charge on any atom is -0.454 e. The summed E-state index contributed by atoms with van der Waals surface area (Å²) in [5.41, 5.74) is 0.708. The lowest BCUT2D eigenvalue weighted by atomic mass is 10.1. The molecule has 1 amide bonds. The molecule has 1 saturated carbocycles. The highest BCUT2D eigenvalue weighted by molar-refractivity contribution is 5.96. The molecule has 5 nitrogen and oxygen atoms in total. The van der Waals surface area contributed by atoms with Crippen molar-refractivity contribution in [2.75, 3.05) is 11.9 Å². The number of hydrogen-bond acceptors (Lipinski definition) is 4. The Labute approximate surface area is 154 Å². The van der Waals surface area contributed by atoms with Crippen molar-refractivity contribution < 1.29 is 9.53 Å². The van der Waals surface area contributed by atoms with Crippen LogP contribution in [0.15, 0.2) is 48.8 Å². The van der Waals surface area contributed by atoms with Crippen molar-refractivity contribution in [3.8, 4) is 11.5 Å². The van der Waals surface area contributed by atoms with Gasteiger partial charge in [0, 0.05) is 12.2 Å². The molecule has 136 valence electrons. The third-order valence-electron chi connectivity index (χ3n) is 5.40. The van der Waals surface area contributed by atoms with Gasteiger partial charge in [-0.05, 0) is 56.5 Å². The van der Waals surface area contributed by atoms with Gasteiger partial charge in [-0.2, -0.15) is 0 Å². The van der Waals surface area contributed by atoms with E-state index in [2.05, 4.69) is 15.2 Å². The number of likely N-dealkylation sites (tertiary alicyclic amines) is 1. The number of pyridine rings is 1. The largest absolute Gasteiger partial charge is 0.454 e. The molecule has 1 saturated heterocycles. The Balaban J connectivity index is 1.47. The van der Waals surface area contributed by atoms with Crippen LogP contribution < -0.4 is 10.1 Å². The van der Waals surface area contributed by atoms with Crippen LogP contribution in [-0.2, 0) is 4.79 Å². The number of aromatic nitrogens is 1. The first-order valence-corrected chi connectivity index (χ1v) is 9.55. The highest BCUT2D eigenvalue weighted by Gasteiger charge is 2.36. The smallest absolute Gasteiger partial charge is 0.241 e. The minimum absolute atomic E-state index is 0.0236. The summed E-state index contributed by atoms with van der Waals surface area (Å²) in [4.78, 5) is 19.5. The van der Waals surface area contributed by atoms with Gasteiger partial charge in [0.25, 0.3) is 0 Å². The van der Waals surface area contributed by atoms with E-state index in [9.17, 15) is 4.79 Å². The number of amides is 1. The number of nitrogens with zero attached hydrogens (tertiary/aromatic N) is 2. The monoisotopic (exact) mass is 351 g/mol. The maximum atomic E-state index is 13.0. The lowest BCUT2D eigenvalue weighted by Crippen LogP contribution is -2.44. The van der Waals surface area contributed by atoms with Gasteiger partial charge < -0.3 is 10.1 Å². The molecule has 2 heterocycles. The van der Waals surface area contributed by atoms with Crippen LogP contribution in [-0.4, -0.2) is 34.4 Å². The molecule has 0 radical (unpaired) electrons. The molecule has 5 heteroatoms. The number of rotatable bonds is 5. The molecule has 1 aliphatic carbocycles. The third-order valence-corrected chi connectivity index (χ3v) is 5.40. The van der Waals surface area contributed by atoms with E-state index in [0.29, 0.717) is 23.2 Å². The second kappa shape index (κ2) is 7.87. The molecule has 2 aliphatic rings. The van der Waals surface area contributed by atoms with Gasteiger partial charge >= 0.3 is 0 Å². The average molecular weight is 351 g/mol. The molecular formula is C21H25N3O2. The standard InChI is InChI=1S/C21H25N3O2/c25-21(19-11-6-14-24(19)16-7-1-2-8-16)23-18-10-3-4-12-20(18)26-17-9-5-13-22-15-17/h3-5,9-10,12-13,15-16,19H,1-2,6-8,11,14H2,(H,23,25). The second-order valence-electron chi connectivity index (χ2n) is 7.11. The zero-order valence-corrected chi connectivity index (χ0v) is 14.9. The number of carbonyl (C=O) groups excluding carboxylic acids is 1. The first-order chi connectivity index (χ1) is 12.8. The molecule has 1 aromatic heterocycles. The normalized spacial score (nSPS) is 21.0. The van der Waals surface area contributed by atoms with E-state index < -0.39 is 0 Å². The lowest BCUT2D eigenvalue weighted by molar-refractivity contribution is -0.121. The second-order valence-corrected chi connectivity index (χ2v) is 7.11. The topological polar surface area (TPSA) is 54.5 Å². The number of anilines is 1. The number of nitrogens with one attached hydrogen (secondary N) is 1. The van der Waals surface area contributed by atoms with Crippen LogP contribution in [0.4, 0.5) is 5.69 Å². The van der Waals surface area contributed by atoms with E-state index in [1.54, 1.807) is 12.4 Å². The average Bonchev–Trinajstić information content (AvgIpc) is 3.35. The van der Waals surface area contributed by atoms with Gasteiger partial charge in [-0.25, -0.2) is 0 Å². The molecule has 2 aromatic rings. The molecule has 1 N–H and O–H groups in total. The first kappa shape index (κ1) is 17.0. The predicted molar refractivity (Wildman–Crippen MR) is 101 cm³/mol. The Kier molecular flexibility index (Phi) is 5.16. The highest BCUT2D eigenvalue weighted by atomic mass is 16.5. The first-order valence-electron chi connectivity index (χ1n) is 9.55. The Morgan fingerprint density at radius 1 is 1.08 bits per heavy atom. The summed E-state index contributed by atoms with van der Waals surface area (Å²) in [6.45, 7) is 1.04. The van der Waals surface area contributed by atoms with Crippen LogP contribution in [0.3, 0.4) is 0 Å². The van der Waals surface area contributed by atoms with E-state index in [0.717, 1.165) is 19.4 Å². The van der Waals surface area contributed by atoms with Gasteiger partial charge in [-0.3, -0.25) is 14.7 Å². The van der Waals surface area contributed by atoms with E-state index in [4.69, 9.17) is 4.74 Å². The van der Waals surface area contributed by atoms with Crippen LogP contribution in [0.25, 0.3) is 0 Å². The lowest BCUT2D eigenvalue weighted by Gasteiger charge is -2.29. The summed E-state index contributed by atoms with van der Waals surface area (Å²) in [7, 11) is 0. The Bertz CT molecular complexity index is 744. The van der Waals surface area contributed by atoms with Crippen molar-refractivity contribution in [2.45, 2.75) is 50.6 Å². The van der Waals surface area contributed by atoms with Gasteiger partial charge in [-0.15, -0.1) is 0 Å². The minimum atomic E-state index is -0.0236. The molecule has 1 aromatic carbocycles. The number of benzene rings is 1. The van der Waals surface area contributed by atoms with Gasteiger partial charge in [0.1, 0.15) is 5.75 Å². The van der Waals surface area contributed by atoms with Crippen molar-refractivity contribution in [1.29, 1.82) is 0 Å². The summed E-state index contributed by atoms with van der Waals surface area (Å²) in [6.07, 6.45) is 10.4. The van der Waals surface area contributed by atoms with Crippen LogP contribution >= 0.6 is 0 Å². The van der Waals surface area contributed by atoms with Crippen LogP contribution in [0.1, 0.15) is 38.5 Å². The highest BCUT2D eigenvalue weighted by Crippen LogP contribution is 2.32. The summed E-state index contributed by atoms with van der Waals surface area (Å²) >= 11 is 0. The molecule has 4 rings (SSSR count). The van der Waals surface area contributed by atoms with Crippen molar-refractivity contribution in [3.05, 3.63) is 48.8 Å². The van der Waals surface area contributed by atoms with Crippen molar-refractivity contribution in [3.63, 3.8) is 0 Å². The quantitative estimate of drug-likeness (QED) is 0.876. The summed E-state index contributed by atoms with van der Waals surface area (Å²) < 4.78 is 5.91. The van der Waals surface area contributed by atoms with E-state index in [1.165, 1.54) is 25.7 Å². The molecule has 0 bridgehead atoms. The summed E-state index contributed by atoms with van der Waals surface area (Å²) in [5.74, 6) is 1.37. The SMILES string of the molecule is O=C(Nc1ccccc1Oc1cccnc1)C1CCCN1C1CCCC1. The molecule has 2 fully saturated rings. The summed E-state index contributed by atoms with van der Waals surface area (Å²) in [5, 5.41) is 3.10. The number of ether oxygens (including phenoxy) is 1. The molecule has 1 atom stereocenters. The zero-order chi connectivity index (χ0) is 17.8. The van der Waals surface area contributed by atoms with Gasteiger partial charge in [0.15, 0.2) is 5.75 Å². The van der Waals surface area contributed by atoms with Gasteiger partial charge in [0.2, 0.25) is 5.91 Å². The molecule has 1 aliphatic heterocycles. The fraction of sp³-hybridized carbons (Fsp3) is 0.429. The Hall–Kier alpha value is -2.40. The molecular weight excluding hydrogens is 326 g/mol. The molecule has 26 heavy (non-hydrogen) atoms. The maximum absolute atomic E-state index is 13.0. The maximum Gasteiger partial charge on any atom is 0.241 e. The number of hydrogen-bond donors (Lipinski definition) is 1. The van der Waals surface area contributed by atoms with Crippen LogP contribution in [0, 0.1) is 0 Å². The fourth-order valence-electron chi connectivity index (χ4n) is 4.15. The number of para-hydroxylation sites is 2. The zero-order valence-electron chi connectivity index (χ0n) is 14.9. The van der Waals surface area contributed by atoms with Crippen molar-refractivity contribution in [2.24, 2.45) is 0 Å². The predicted octanol–water partition coefficient (Wildman–Crippen LogP) is 4.22. The van der Waals surface area contributed by atoms with Gasteiger partial charge in [-0.1, -0.05) is 25.0 Å². The van der Waals surface area contributed by atoms with Crippen molar-refractivity contribution >= 4 is 11.6 Å². The fourth-order valence-corrected chi connectivity index (χ4v) is 4.15.